The first-order valence-electron chi connectivity index (χ1n) is 5.90. The summed E-state index contributed by atoms with van der Waals surface area (Å²) in [5, 5.41) is 0. The van der Waals surface area contributed by atoms with E-state index in [1.54, 1.807) is 19.2 Å². The summed E-state index contributed by atoms with van der Waals surface area (Å²) in [4.78, 5) is 1.86. The molecule has 0 bridgehead atoms. The molecule has 0 aliphatic rings. The lowest BCUT2D eigenvalue weighted by atomic mass is 10.1. The number of para-hydroxylation sites is 1. The number of benzene rings is 2. The second-order valence-electron chi connectivity index (χ2n) is 4.26. The molecule has 2 aromatic carbocycles. The molecule has 0 radical (unpaired) electrons. The van der Waals surface area contributed by atoms with Crippen LogP contribution in [0.1, 0.15) is 5.56 Å². The van der Waals surface area contributed by atoms with Crippen molar-refractivity contribution in [2.75, 3.05) is 19.1 Å². The number of ether oxygens (including phenoxy) is 1. The molecule has 0 aromatic heterocycles. The predicted octanol–water partition coefficient (Wildman–Crippen LogP) is 4.23. The zero-order valence-electron chi connectivity index (χ0n) is 10.9. The van der Waals surface area contributed by atoms with Crippen molar-refractivity contribution in [3.05, 3.63) is 58.3 Å². The molecule has 0 N–H and O–H groups in total. The van der Waals surface area contributed by atoms with E-state index in [0.29, 0.717) is 12.2 Å². The minimum Gasteiger partial charge on any atom is -0.496 e. The Kier molecular flexibility index (Phi) is 4.43. The summed E-state index contributed by atoms with van der Waals surface area (Å²) in [7, 11) is 3.49. The number of hydrogen-bond donors (Lipinski definition) is 0. The molecule has 2 nitrogen and oxygen atoms in total. The lowest BCUT2D eigenvalue weighted by molar-refractivity contribution is 0.409. The fourth-order valence-electron chi connectivity index (χ4n) is 1.97. The van der Waals surface area contributed by atoms with Crippen LogP contribution in [0.5, 0.6) is 5.75 Å². The standard InChI is InChI=1S/C15H15BrFNO/c1-18(14-6-4-3-5-13(14)17)10-11-9-12(16)7-8-15(11)19-2/h3-9H,10H2,1-2H3. The predicted molar refractivity (Wildman–Crippen MR) is 79.2 cm³/mol. The zero-order valence-corrected chi connectivity index (χ0v) is 12.4. The molecule has 0 spiro atoms. The van der Waals surface area contributed by atoms with Gasteiger partial charge in [0.15, 0.2) is 0 Å². The van der Waals surface area contributed by atoms with E-state index in [1.165, 1.54) is 6.07 Å². The SMILES string of the molecule is COc1ccc(Br)cc1CN(C)c1ccccc1F. The van der Waals surface area contributed by atoms with Crippen molar-refractivity contribution in [1.29, 1.82) is 0 Å². The highest BCUT2D eigenvalue weighted by molar-refractivity contribution is 9.10. The van der Waals surface area contributed by atoms with Crippen molar-refractivity contribution >= 4 is 21.6 Å². The van der Waals surface area contributed by atoms with Gasteiger partial charge < -0.3 is 9.64 Å². The smallest absolute Gasteiger partial charge is 0.146 e. The van der Waals surface area contributed by atoms with Gasteiger partial charge in [-0.05, 0) is 30.3 Å². The van der Waals surface area contributed by atoms with Gasteiger partial charge in [-0.3, -0.25) is 0 Å². The maximum absolute atomic E-state index is 13.7. The van der Waals surface area contributed by atoms with E-state index in [1.807, 2.05) is 36.2 Å². The van der Waals surface area contributed by atoms with Crippen molar-refractivity contribution in [2.45, 2.75) is 6.54 Å². The molecule has 19 heavy (non-hydrogen) atoms. The monoisotopic (exact) mass is 323 g/mol. The summed E-state index contributed by atoms with van der Waals surface area (Å²) in [5.41, 5.74) is 1.58. The summed E-state index contributed by atoms with van der Waals surface area (Å²) < 4.78 is 20.0. The fourth-order valence-corrected chi connectivity index (χ4v) is 2.38. The van der Waals surface area contributed by atoms with E-state index in [4.69, 9.17) is 4.74 Å². The lowest BCUT2D eigenvalue weighted by Crippen LogP contribution is -2.18. The number of nitrogens with zero attached hydrogens (tertiary/aromatic N) is 1. The number of halogens is 2. The largest absolute Gasteiger partial charge is 0.496 e. The molecule has 100 valence electrons. The van der Waals surface area contributed by atoms with Gasteiger partial charge in [0.05, 0.1) is 12.8 Å². The molecule has 0 aliphatic heterocycles. The molecule has 4 heteroatoms. The Hall–Kier alpha value is -1.55. The third kappa shape index (κ3) is 3.26. The fraction of sp³-hybridized carbons (Fsp3) is 0.200. The Morgan fingerprint density at radius 1 is 1.21 bits per heavy atom. The molecule has 0 heterocycles. The third-order valence-corrected chi connectivity index (χ3v) is 3.41. The van der Waals surface area contributed by atoms with E-state index >= 15 is 0 Å². The van der Waals surface area contributed by atoms with Gasteiger partial charge in [-0.25, -0.2) is 4.39 Å². The van der Waals surface area contributed by atoms with Gasteiger partial charge >= 0.3 is 0 Å². The number of anilines is 1. The van der Waals surface area contributed by atoms with Crippen LogP contribution in [-0.2, 0) is 6.54 Å². The van der Waals surface area contributed by atoms with Gasteiger partial charge in [0.1, 0.15) is 11.6 Å². The Morgan fingerprint density at radius 2 is 1.95 bits per heavy atom. The first-order valence-corrected chi connectivity index (χ1v) is 6.69. The van der Waals surface area contributed by atoms with Gasteiger partial charge in [-0.15, -0.1) is 0 Å². The molecule has 0 saturated heterocycles. The number of rotatable bonds is 4. The van der Waals surface area contributed by atoms with Crippen LogP contribution < -0.4 is 9.64 Å². The number of methoxy groups -OCH3 is 1. The van der Waals surface area contributed by atoms with Gasteiger partial charge in [0, 0.05) is 23.6 Å². The average Bonchev–Trinajstić information content (AvgIpc) is 2.39. The molecule has 0 amide bonds. The highest BCUT2D eigenvalue weighted by atomic mass is 79.9. The summed E-state index contributed by atoms with van der Waals surface area (Å²) >= 11 is 3.44. The summed E-state index contributed by atoms with van der Waals surface area (Å²) in [6.45, 7) is 0.573. The molecule has 0 aliphatic carbocycles. The molecule has 2 aromatic rings. The van der Waals surface area contributed by atoms with Gasteiger partial charge in [0.25, 0.3) is 0 Å². The van der Waals surface area contributed by atoms with Crippen molar-refractivity contribution in [3.8, 4) is 5.75 Å². The maximum Gasteiger partial charge on any atom is 0.146 e. The van der Waals surface area contributed by atoms with E-state index in [-0.39, 0.29) is 5.82 Å². The Morgan fingerprint density at radius 3 is 2.63 bits per heavy atom. The summed E-state index contributed by atoms with van der Waals surface area (Å²) in [6, 6.07) is 12.5. The Bertz CT molecular complexity index is 574. The van der Waals surface area contributed by atoms with Crippen LogP contribution in [0.25, 0.3) is 0 Å². The van der Waals surface area contributed by atoms with Crippen LogP contribution in [0.2, 0.25) is 0 Å². The quantitative estimate of drug-likeness (QED) is 0.834. The average molecular weight is 324 g/mol. The lowest BCUT2D eigenvalue weighted by Gasteiger charge is -2.21. The van der Waals surface area contributed by atoms with Crippen LogP contribution in [0.15, 0.2) is 46.9 Å². The molecule has 0 unspecified atom stereocenters. The van der Waals surface area contributed by atoms with Gasteiger partial charge in [0.2, 0.25) is 0 Å². The molecule has 2 rings (SSSR count). The molecular weight excluding hydrogens is 309 g/mol. The first kappa shape index (κ1) is 13.9. The second-order valence-corrected chi connectivity index (χ2v) is 5.18. The van der Waals surface area contributed by atoms with E-state index in [9.17, 15) is 4.39 Å². The first-order chi connectivity index (χ1) is 9.11. The van der Waals surface area contributed by atoms with Crippen LogP contribution >= 0.6 is 15.9 Å². The van der Waals surface area contributed by atoms with Crippen molar-refractivity contribution in [3.63, 3.8) is 0 Å². The summed E-state index contributed by atoms with van der Waals surface area (Å²) in [5.74, 6) is 0.574. The van der Waals surface area contributed by atoms with E-state index in [2.05, 4.69) is 15.9 Å². The van der Waals surface area contributed by atoms with Crippen molar-refractivity contribution < 1.29 is 9.13 Å². The summed E-state index contributed by atoms with van der Waals surface area (Å²) in [6.07, 6.45) is 0. The second kappa shape index (κ2) is 6.06. The Labute approximate surface area is 120 Å². The van der Waals surface area contributed by atoms with Crippen molar-refractivity contribution in [1.82, 2.24) is 0 Å². The van der Waals surface area contributed by atoms with Gasteiger partial charge in [-0.2, -0.15) is 0 Å². The van der Waals surface area contributed by atoms with E-state index in [0.717, 1.165) is 15.8 Å². The van der Waals surface area contributed by atoms with Crippen LogP contribution in [0.4, 0.5) is 10.1 Å². The van der Waals surface area contributed by atoms with Crippen molar-refractivity contribution in [2.24, 2.45) is 0 Å². The van der Waals surface area contributed by atoms with Crippen LogP contribution in [-0.4, -0.2) is 14.2 Å². The highest BCUT2D eigenvalue weighted by Crippen LogP contribution is 2.26. The van der Waals surface area contributed by atoms with Crippen LogP contribution in [0, 0.1) is 5.82 Å². The molecule has 0 fully saturated rings. The maximum atomic E-state index is 13.7. The van der Waals surface area contributed by atoms with Gasteiger partial charge in [-0.1, -0.05) is 28.1 Å². The normalized spacial score (nSPS) is 10.3. The molecule has 0 saturated carbocycles. The highest BCUT2D eigenvalue weighted by Gasteiger charge is 2.10. The van der Waals surface area contributed by atoms with E-state index < -0.39 is 0 Å². The minimum absolute atomic E-state index is 0.223. The van der Waals surface area contributed by atoms with Crippen LogP contribution in [0.3, 0.4) is 0 Å². The topological polar surface area (TPSA) is 12.5 Å². The molecular formula is C15H15BrFNO. The molecule has 0 atom stereocenters. The Balaban J connectivity index is 2.26. The number of hydrogen-bond acceptors (Lipinski definition) is 2. The zero-order chi connectivity index (χ0) is 13.8. The minimum atomic E-state index is -0.223. The third-order valence-electron chi connectivity index (χ3n) is 2.91.